The van der Waals surface area contributed by atoms with E-state index in [0.717, 1.165) is 25.9 Å². The van der Waals surface area contributed by atoms with Crippen LogP contribution in [0.25, 0.3) is 0 Å². The van der Waals surface area contributed by atoms with Crippen molar-refractivity contribution < 1.29 is 19.0 Å². The molecule has 1 saturated heterocycles. The first kappa shape index (κ1) is 21.1. The van der Waals surface area contributed by atoms with Gasteiger partial charge in [0.05, 0.1) is 32.6 Å². The van der Waals surface area contributed by atoms with Crippen LogP contribution in [0, 0.1) is 17.2 Å². The number of ketones is 1. The number of carbonyl (C=O) groups excluding carboxylic acids is 1. The third kappa shape index (κ3) is 5.37. The SMILES string of the molecule is CCC(=O)C1CCN(SC(=Nc2cc(OC)c(OC)cc2C#N)OC)CC1. The molecule has 8 heteroatoms. The van der Waals surface area contributed by atoms with Crippen LogP contribution in [0.2, 0.25) is 0 Å². The zero-order valence-electron chi connectivity index (χ0n) is 16.2. The lowest BCUT2D eigenvalue weighted by Gasteiger charge is -2.29. The van der Waals surface area contributed by atoms with Crippen LogP contribution in [0.3, 0.4) is 0 Å². The standard InChI is InChI=1S/C19H25N3O4S/c1-5-16(23)13-6-8-22(9-7-13)27-19(26-4)21-15-11-18(25-3)17(24-2)10-14(15)12-20/h10-11,13H,5-9H2,1-4H3. The predicted octanol–water partition coefficient (Wildman–Crippen LogP) is 3.55. The molecular formula is C19H25N3O4S. The molecule has 7 nitrogen and oxygen atoms in total. The van der Waals surface area contributed by atoms with Crippen molar-refractivity contribution in [2.24, 2.45) is 10.9 Å². The van der Waals surface area contributed by atoms with Crippen molar-refractivity contribution in [1.82, 2.24) is 4.31 Å². The average molecular weight is 391 g/mol. The number of nitriles is 1. The van der Waals surface area contributed by atoms with E-state index in [2.05, 4.69) is 15.4 Å². The van der Waals surface area contributed by atoms with Crippen molar-refractivity contribution in [2.75, 3.05) is 34.4 Å². The molecule has 27 heavy (non-hydrogen) atoms. The van der Waals surface area contributed by atoms with Crippen molar-refractivity contribution >= 4 is 28.6 Å². The van der Waals surface area contributed by atoms with Crippen LogP contribution >= 0.6 is 11.9 Å². The predicted molar refractivity (Wildman–Crippen MR) is 106 cm³/mol. The second-order valence-corrected chi connectivity index (χ2v) is 7.08. The minimum Gasteiger partial charge on any atom is -0.493 e. The molecule has 0 atom stereocenters. The van der Waals surface area contributed by atoms with Crippen LogP contribution in [-0.4, -0.2) is 49.7 Å². The number of Topliss-reactive ketones (excluding diaryl/α,β-unsaturated/α-hetero) is 1. The Morgan fingerprint density at radius 1 is 1.26 bits per heavy atom. The van der Waals surface area contributed by atoms with E-state index in [-0.39, 0.29) is 5.92 Å². The number of rotatable bonds is 6. The van der Waals surface area contributed by atoms with E-state index in [9.17, 15) is 10.1 Å². The lowest BCUT2D eigenvalue weighted by atomic mass is 9.92. The van der Waals surface area contributed by atoms with Crippen LogP contribution in [0.5, 0.6) is 11.5 Å². The van der Waals surface area contributed by atoms with Gasteiger partial charge in [-0.15, -0.1) is 0 Å². The zero-order chi connectivity index (χ0) is 19.8. The summed E-state index contributed by atoms with van der Waals surface area (Å²) in [6, 6.07) is 5.37. The van der Waals surface area contributed by atoms with Crippen LogP contribution in [0.1, 0.15) is 31.7 Å². The third-order valence-electron chi connectivity index (χ3n) is 4.47. The van der Waals surface area contributed by atoms with E-state index in [1.54, 1.807) is 19.2 Å². The number of piperidine rings is 1. The molecule has 0 bridgehead atoms. The molecule has 0 saturated carbocycles. The minimum atomic E-state index is 0.158. The molecule has 0 N–H and O–H groups in total. The Labute approximate surface area is 164 Å². The molecule has 1 aliphatic rings. The molecule has 1 aromatic carbocycles. The lowest BCUT2D eigenvalue weighted by molar-refractivity contribution is -0.123. The van der Waals surface area contributed by atoms with E-state index in [4.69, 9.17) is 14.2 Å². The maximum Gasteiger partial charge on any atom is 0.266 e. The molecule has 0 spiro atoms. The summed E-state index contributed by atoms with van der Waals surface area (Å²) in [5.74, 6) is 1.46. The Hall–Kier alpha value is -2.24. The Kier molecular flexibility index (Phi) is 7.95. The van der Waals surface area contributed by atoms with Gasteiger partial charge in [-0.1, -0.05) is 6.92 Å². The Bertz CT molecular complexity index is 737. The fourth-order valence-corrected chi connectivity index (χ4v) is 3.75. The summed E-state index contributed by atoms with van der Waals surface area (Å²) in [6.07, 6.45) is 2.28. The highest BCUT2D eigenvalue weighted by molar-refractivity contribution is 8.11. The number of hydrogen-bond acceptors (Lipinski definition) is 8. The van der Waals surface area contributed by atoms with Gasteiger partial charge in [0.15, 0.2) is 11.5 Å². The number of aliphatic imine (C=N–C) groups is 1. The fourth-order valence-electron chi connectivity index (χ4n) is 2.92. The van der Waals surface area contributed by atoms with Crippen molar-refractivity contribution in [2.45, 2.75) is 26.2 Å². The highest BCUT2D eigenvalue weighted by atomic mass is 32.2. The van der Waals surface area contributed by atoms with Crippen molar-refractivity contribution in [3.8, 4) is 17.6 Å². The molecular weight excluding hydrogens is 366 g/mol. The third-order valence-corrected chi connectivity index (χ3v) is 5.51. The smallest absolute Gasteiger partial charge is 0.266 e. The molecule has 0 unspecified atom stereocenters. The second kappa shape index (κ2) is 10.2. The average Bonchev–Trinajstić information content (AvgIpc) is 2.72. The van der Waals surface area contributed by atoms with E-state index < -0.39 is 0 Å². The van der Waals surface area contributed by atoms with Gasteiger partial charge in [0.1, 0.15) is 11.9 Å². The summed E-state index contributed by atoms with van der Waals surface area (Å²) in [6.45, 7) is 3.50. The molecule has 1 aliphatic heterocycles. The molecule has 2 rings (SSSR count). The van der Waals surface area contributed by atoms with Crippen LogP contribution in [0.15, 0.2) is 17.1 Å². The highest BCUT2D eigenvalue weighted by Crippen LogP contribution is 2.35. The monoisotopic (exact) mass is 391 g/mol. The Morgan fingerprint density at radius 2 is 1.89 bits per heavy atom. The quantitative estimate of drug-likeness (QED) is 0.416. The normalized spacial score (nSPS) is 15.9. The maximum absolute atomic E-state index is 11.8. The van der Waals surface area contributed by atoms with Gasteiger partial charge in [0, 0.05) is 49.5 Å². The van der Waals surface area contributed by atoms with Crippen molar-refractivity contribution in [3.63, 3.8) is 0 Å². The lowest BCUT2D eigenvalue weighted by Crippen LogP contribution is -2.33. The second-order valence-electron chi connectivity index (χ2n) is 6.03. The first-order valence-electron chi connectivity index (χ1n) is 8.80. The van der Waals surface area contributed by atoms with Gasteiger partial charge in [-0.05, 0) is 12.8 Å². The van der Waals surface area contributed by atoms with E-state index >= 15 is 0 Å². The number of methoxy groups -OCH3 is 3. The first-order chi connectivity index (χ1) is 13.1. The zero-order valence-corrected chi connectivity index (χ0v) is 17.0. The van der Waals surface area contributed by atoms with Gasteiger partial charge in [0.2, 0.25) is 0 Å². The molecule has 0 amide bonds. The molecule has 1 fully saturated rings. The van der Waals surface area contributed by atoms with Gasteiger partial charge in [-0.2, -0.15) is 5.26 Å². The number of benzene rings is 1. The van der Waals surface area contributed by atoms with Crippen LogP contribution < -0.4 is 9.47 Å². The molecule has 1 aromatic rings. The summed E-state index contributed by atoms with van der Waals surface area (Å²) in [5.41, 5.74) is 0.825. The Morgan fingerprint density at radius 3 is 2.41 bits per heavy atom. The summed E-state index contributed by atoms with van der Waals surface area (Å²) in [5, 5.41) is 9.84. The highest BCUT2D eigenvalue weighted by Gasteiger charge is 2.25. The molecule has 146 valence electrons. The topological polar surface area (TPSA) is 84.2 Å². The number of nitrogens with zero attached hydrogens (tertiary/aromatic N) is 3. The van der Waals surface area contributed by atoms with E-state index in [1.807, 2.05) is 6.92 Å². The van der Waals surface area contributed by atoms with Gasteiger partial charge in [-0.25, -0.2) is 9.30 Å². The summed E-state index contributed by atoms with van der Waals surface area (Å²) in [7, 11) is 4.60. The van der Waals surface area contributed by atoms with Crippen LogP contribution in [-0.2, 0) is 9.53 Å². The van der Waals surface area contributed by atoms with Gasteiger partial charge in [0.25, 0.3) is 5.23 Å². The minimum absolute atomic E-state index is 0.158. The van der Waals surface area contributed by atoms with E-state index in [0.29, 0.717) is 40.2 Å². The Balaban J connectivity index is 2.15. The van der Waals surface area contributed by atoms with Gasteiger partial charge >= 0.3 is 0 Å². The molecule has 0 aromatic heterocycles. The maximum atomic E-state index is 11.8. The summed E-state index contributed by atoms with van der Waals surface area (Å²) >= 11 is 1.39. The van der Waals surface area contributed by atoms with Crippen LogP contribution in [0.4, 0.5) is 5.69 Å². The summed E-state index contributed by atoms with van der Waals surface area (Å²) in [4.78, 5) is 16.3. The fraction of sp³-hybridized carbons (Fsp3) is 0.526. The molecule has 0 aliphatic carbocycles. The molecule has 0 radical (unpaired) electrons. The summed E-state index contributed by atoms with van der Waals surface area (Å²) < 4.78 is 18.1. The first-order valence-corrected chi connectivity index (χ1v) is 9.58. The van der Waals surface area contributed by atoms with Crippen molar-refractivity contribution in [1.29, 1.82) is 5.26 Å². The van der Waals surface area contributed by atoms with Gasteiger partial charge in [-0.3, -0.25) is 4.79 Å². The van der Waals surface area contributed by atoms with E-state index in [1.165, 1.54) is 26.2 Å². The number of ether oxygens (including phenoxy) is 3. The largest absolute Gasteiger partial charge is 0.493 e. The number of hydrogen-bond donors (Lipinski definition) is 0. The molecule has 1 heterocycles. The van der Waals surface area contributed by atoms with Gasteiger partial charge < -0.3 is 14.2 Å². The number of carbonyl (C=O) groups is 1. The van der Waals surface area contributed by atoms with Crippen molar-refractivity contribution in [3.05, 3.63) is 17.7 Å².